The normalized spacial score (nSPS) is 31.9. The molecular formula is C19H35N3O2. The number of rotatable bonds is 7. The molecule has 1 aliphatic carbocycles. The predicted molar refractivity (Wildman–Crippen MR) is 95.9 cm³/mol. The molecule has 0 aromatic carbocycles. The van der Waals surface area contributed by atoms with Crippen LogP contribution in [0.2, 0.25) is 0 Å². The smallest absolute Gasteiger partial charge is 0.313 e. The molecule has 0 radical (unpaired) electrons. The summed E-state index contributed by atoms with van der Waals surface area (Å²) >= 11 is 0. The van der Waals surface area contributed by atoms with E-state index in [0.29, 0.717) is 12.5 Å². The molecule has 2 heterocycles. The van der Waals surface area contributed by atoms with E-state index in [1.54, 1.807) is 0 Å². The Morgan fingerprint density at radius 1 is 1.25 bits per heavy atom. The highest BCUT2D eigenvalue weighted by molar-refractivity contribution is 5.78. The van der Waals surface area contributed by atoms with Gasteiger partial charge in [-0.25, -0.2) is 0 Å². The molecule has 1 saturated carbocycles. The van der Waals surface area contributed by atoms with Crippen molar-refractivity contribution in [1.29, 1.82) is 0 Å². The molecule has 5 heteroatoms. The van der Waals surface area contributed by atoms with Crippen LogP contribution in [0, 0.1) is 17.3 Å². The summed E-state index contributed by atoms with van der Waals surface area (Å²) in [5.74, 6) is 1.42. The fourth-order valence-corrected chi connectivity index (χ4v) is 4.57. The fourth-order valence-electron chi connectivity index (χ4n) is 4.57. The Morgan fingerprint density at radius 2 is 2.00 bits per heavy atom. The van der Waals surface area contributed by atoms with E-state index in [0.717, 1.165) is 58.0 Å². The molecule has 0 bridgehead atoms. The van der Waals surface area contributed by atoms with Crippen LogP contribution in [0.5, 0.6) is 0 Å². The van der Waals surface area contributed by atoms with Gasteiger partial charge in [-0.3, -0.25) is 4.79 Å². The lowest BCUT2D eigenvalue weighted by atomic mass is 9.75. The van der Waals surface area contributed by atoms with Gasteiger partial charge in [0.15, 0.2) is 0 Å². The minimum atomic E-state index is -0.263. The highest BCUT2D eigenvalue weighted by Crippen LogP contribution is 2.44. The number of likely N-dealkylation sites (tertiary alicyclic amines) is 2. The minimum absolute atomic E-state index is 0.0654. The Hall–Kier alpha value is -0.650. The molecule has 0 aromatic heterocycles. The van der Waals surface area contributed by atoms with Gasteiger partial charge in [0.2, 0.25) is 0 Å². The predicted octanol–water partition coefficient (Wildman–Crippen LogP) is 1.54. The zero-order valence-electron chi connectivity index (χ0n) is 15.8. The van der Waals surface area contributed by atoms with Gasteiger partial charge in [-0.15, -0.1) is 0 Å². The fraction of sp³-hybridized carbons (Fsp3) is 0.947. The summed E-state index contributed by atoms with van der Waals surface area (Å²) < 4.78 is 5.55. The zero-order chi connectivity index (χ0) is 17.2. The third-order valence-electron chi connectivity index (χ3n) is 6.10. The molecule has 3 fully saturated rings. The van der Waals surface area contributed by atoms with Crippen LogP contribution in [0.3, 0.4) is 0 Å². The topological polar surface area (TPSA) is 36.0 Å². The first-order valence-corrected chi connectivity index (χ1v) is 9.80. The third-order valence-corrected chi connectivity index (χ3v) is 6.10. The molecule has 2 aliphatic heterocycles. The SMILES string of the molecule is CCOC(=O)[C@@]12CCCN(CC3CC3)C[C@@H]1CN(CCN(C)C)C2. The van der Waals surface area contributed by atoms with Crippen LogP contribution in [0.4, 0.5) is 0 Å². The van der Waals surface area contributed by atoms with Crippen molar-refractivity contribution in [1.82, 2.24) is 14.7 Å². The zero-order valence-corrected chi connectivity index (χ0v) is 15.8. The van der Waals surface area contributed by atoms with Gasteiger partial charge < -0.3 is 19.4 Å². The maximum atomic E-state index is 12.9. The number of carbonyl (C=O) groups excluding carboxylic acids is 1. The number of carbonyl (C=O) groups is 1. The first-order valence-electron chi connectivity index (χ1n) is 9.80. The van der Waals surface area contributed by atoms with Crippen molar-refractivity contribution in [3.8, 4) is 0 Å². The van der Waals surface area contributed by atoms with Gasteiger partial charge in [0.05, 0.1) is 12.0 Å². The highest BCUT2D eigenvalue weighted by Gasteiger charge is 2.54. The molecule has 2 saturated heterocycles. The second kappa shape index (κ2) is 7.71. The lowest BCUT2D eigenvalue weighted by Crippen LogP contribution is -2.43. The first kappa shape index (κ1) is 18.2. The van der Waals surface area contributed by atoms with E-state index in [1.165, 1.54) is 19.4 Å². The van der Waals surface area contributed by atoms with Gasteiger partial charge in [-0.2, -0.15) is 0 Å². The quantitative estimate of drug-likeness (QED) is 0.659. The van der Waals surface area contributed by atoms with Crippen LogP contribution in [0.15, 0.2) is 0 Å². The molecule has 0 N–H and O–H groups in total. The van der Waals surface area contributed by atoms with E-state index in [2.05, 4.69) is 28.8 Å². The van der Waals surface area contributed by atoms with Gasteiger partial charge >= 0.3 is 5.97 Å². The number of likely N-dealkylation sites (N-methyl/N-ethyl adjacent to an activating group) is 1. The largest absolute Gasteiger partial charge is 0.466 e. The van der Waals surface area contributed by atoms with Crippen LogP contribution in [0.1, 0.15) is 32.6 Å². The molecule has 138 valence electrons. The standard InChI is InChI=1S/C19H35N3O2/c1-4-24-18(23)19-8-5-9-21(12-16-6-7-16)13-17(19)14-22(15-19)11-10-20(2)3/h16-17H,4-15H2,1-3H3/t17-,19-/m1/s1. The van der Waals surface area contributed by atoms with Crippen molar-refractivity contribution in [2.45, 2.75) is 32.6 Å². The molecular weight excluding hydrogens is 302 g/mol. The molecule has 5 nitrogen and oxygen atoms in total. The van der Waals surface area contributed by atoms with E-state index in [1.807, 2.05) is 6.92 Å². The van der Waals surface area contributed by atoms with E-state index in [4.69, 9.17) is 4.74 Å². The van der Waals surface area contributed by atoms with Crippen LogP contribution >= 0.6 is 0 Å². The molecule has 0 unspecified atom stereocenters. The molecule has 2 atom stereocenters. The van der Waals surface area contributed by atoms with Gasteiger partial charge in [-0.1, -0.05) is 0 Å². The van der Waals surface area contributed by atoms with E-state index < -0.39 is 0 Å². The Labute approximate surface area is 147 Å². The van der Waals surface area contributed by atoms with Gasteiger partial charge in [0, 0.05) is 45.2 Å². The molecule has 0 amide bonds. The molecule has 24 heavy (non-hydrogen) atoms. The summed E-state index contributed by atoms with van der Waals surface area (Å²) in [6, 6.07) is 0. The summed E-state index contributed by atoms with van der Waals surface area (Å²) in [6.45, 7) is 9.95. The number of ether oxygens (including phenoxy) is 1. The molecule has 0 spiro atoms. The number of hydrogen-bond acceptors (Lipinski definition) is 5. The molecule has 3 rings (SSSR count). The summed E-state index contributed by atoms with van der Waals surface area (Å²) in [6.07, 6.45) is 4.93. The maximum absolute atomic E-state index is 12.9. The second-order valence-corrected chi connectivity index (χ2v) is 8.42. The van der Waals surface area contributed by atoms with Crippen molar-refractivity contribution in [3.05, 3.63) is 0 Å². The summed E-state index contributed by atoms with van der Waals surface area (Å²) in [5, 5.41) is 0. The van der Waals surface area contributed by atoms with Gasteiger partial charge in [0.1, 0.15) is 0 Å². The molecule has 3 aliphatic rings. The van der Waals surface area contributed by atoms with Crippen molar-refractivity contribution in [2.24, 2.45) is 17.3 Å². The number of esters is 1. The lowest BCUT2D eigenvalue weighted by Gasteiger charge is -2.31. The Morgan fingerprint density at radius 3 is 2.67 bits per heavy atom. The number of nitrogens with zero attached hydrogens (tertiary/aromatic N) is 3. The van der Waals surface area contributed by atoms with Crippen molar-refractivity contribution in [3.63, 3.8) is 0 Å². The maximum Gasteiger partial charge on any atom is 0.313 e. The van der Waals surface area contributed by atoms with Gasteiger partial charge in [-0.05, 0) is 59.2 Å². The van der Waals surface area contributed by atoms with Gasteiger partial charge in [0.25, 0.3) is 0 Å². The highest BCUT2D eigenvalue weighted by atomic mass is 16.5. The average molecular weight is 338 g/mol. The first-order chi connectivity index (χ1) is 11.5. The minimum Gasteiger partial charge on any atom is -0.466 e. The Balaban J connectivity index is 1.71. The summed E-state index contributed by atoms with van der Waals surface area (Å²) in [5.41, 5.74) is -0.263. The van der Waals surface area contributed by atoms with E-state index >= 15 is 0 Å². The summed E-state index contributed by atoms with van der Waals surface area (Å²) in [7, 11) is 4.24. The average Bonchev–Trinajstić information content (AvgIpc) is 3.30. The van der Waals surface area contributed by atoms with Crippen molar-refractivity contribution in [2.75, 3.05) is 66.5 Å². The third kappa shape index (κ3) is 4.12. The van der Waals surface area contributed by atoms with Crippen LogP contribution in [-0.2, 0) is 9.53 Å². The van der Waals surface area contributed by atoms with Crippen molar-refractivity contribution < 1.29 is 9.53 Å². The lowest BCUT2D eigenvalue weighted by molar-refractivity contribution is -0.157. The van der Waals surface area contributed by atoms with Crippen LogP contribution in [0.25, 0.3) is 0 Å². The van der Waals surface area contributed by atoms with Crippen LogP contribution in [-0.4, -0.2) is 87.2 Å². The number of fused-ring (bicyclic) bond motifs is 1. The Bertz CT molecular complexity index is 438. The van der Waals surface area contributed by atoms with Crippen LogP contribution < -0.4 is 0 Å². The van der Waals surface area contributed by atoms with E-state index in [9.17, 15) is 4.79 Å². The molecule has 0 aromatic rings. The monoisotopic (exact) mass is 337 g/mol. The Kier molecular flexibility index (Phi) is 5.83. The van der Waals surface area contributed by atoms with Crippen molar-refractivity contribution >= 4 is 5.97 Å². The second-order valence-electron chi connectivity index (χ2n) is 8.42. The number of hydrogen-bond donors (Lipinski definition) is 0. The van der Waals surface area contributed by atoms with E-state index in [-0.39, 0.29) is 11.4 Å². The summed E-state index contributed by atoms with van der Waals surface area (Å²) in [4.78, 5) is 20.3.